The molecule has 1 aromatic carbocycles. The van der Waals surface area contributed by atoms with E-state index in [-0.39, 0.29) is 0 Å². The van der Waals surface area contributed by atoms with Crippen LogP contribution in [0.15, 0.2) is 24.3 Å². The fourth-order valence-corrected chi connectivity index (χ4v) is 1.58. The van der Waals surface area contributed by atoms with Crippen molar-refractivity contribution >= 4 is 0 Å². The van der Waals surface area contributed by atoms with Crippen LogP contribution in [0, 0.1) is 0 Å². The van der Waals surface area contributed by atoms with Crippen LogP contribution in [0.4, 0.5) is 0 Å². The van der Waals surface area contributed by atoms with E-state index in [0.717, 1.165) is 37.6 Å². The van der Waals surface area contributed by atoms with Gasteiger partial charge in [-0.25, -0.2) is 0 Å². The van der Waals surface area contributed by atoms with E-state index in [1.165, 1.54) is 0 Å². The molecule has 0 atom stereocenters. The summed E-state index contributed by atoms with van der Waals surface area (Å²) in [7, 11) is 3.33. The lowest BCUT2D eigenvalue weighted by atomic mass is 10.3. The predicted molar refractivity (Wildman–Crippen MR) is 78.7 cm³/mol. The standard InChI is InChI=1S/C15H25NO4/c1-17-12-13-19-10-3-8-16-9-11-20-15-6-4-14(18-2)5-7-15/h4-7,16H,3,8-13H2,1-2H3. The van der Waals surface area contributed by atoms with Crippen molar-refractivity contribution < 1.29 is 18.9 Å². The van der Waals surface area contributed by atoms with Crippen molar-refractivity contribution in [1.82, 2.24) is 5.32 Å². The quantitative estimate of drug-likeness (QED) is 0.592. The van der Waals surface area contributed by atoms with Gasteiger partial charge < -0.3 is 24.3 Å². The molecule has 0 unspecified atom stereocenters. The number of ether oxygens (including phenoxy) is 4. The molecule has 20 heavy (non-hydrogen) atoms. The third-order valence-electron chi connectivity index (χ3n) is 2.68. The molecule has 0 heterocycles. The maximum Gasteiger partial charge on any atom is 0.119 e. The Bertz CT molecular complexity index is 329. The van der Waals surface area contributed by atoms with Crippen molar-refractivity contribution in [2.45, 2.75) is 6.42 Å². The molecule has 0 amide bonds. The first-order valence-corrected chi connectivity index (χ1v) is 6.91. The zero-order valence-corrected chi connectivity index (χ0v) is 12.4. The summed E-state index contributed by atoms with van der Waals surface area (Å²) < 4.78 is 20.9. The summed E-state index contributed by atoms with van der Waals surface area (Å²) in [6, 6.07) is 7.59. The molecule has 0 saturated heterocycles. The number of nitrogens with one attached hydrogen (secondary N) is 1. The molecule has 0 fully saturated rings. The van der Waals surface area contributed by atoms with Gasteiger partial charge in [0.1, 0.15) is 18.1 Å². The maximum absolute atomic E-state index is 5.60. The van der Waals surface area contributed by atoms with Gasteiger partial charge in [0.25, 0.3) is 0 Å². The van der Waals surface area contributed by atoms with Crippen LogP contribution in [0.1, 0.15) is 6.42 Å². The molecule has 0 aliphatic heterocycles. The lowest BCUT2D eigenvalue weighted by Gasteiger charge is -2.08. The molecule has 0 aliphatic carbocycles. The lowest BCUT2D eigenvalue weighted by Crippen LogP contribution is -2.23. The molecule has 0 aliphatic rings. The van der Waals surface area contributed by atoms with E-state index < -0.39 is 0 Å². The SMILES string of the molecule is COCCOCCCNCCOc1ccc(OC)cc1. The van der Waals surface area contributed by atoms with Gasteiger partial charge in [0.05, 0.1) is 20.3 Å². The van der Waals surface area contributed by atoms with Crippen molar-refractivity contribution in [2.75, 3.05) is 53.7 Å². The van der Waals surface area contributed by atoms with Crippen molar-refractivity contribution in [1.29, 1.82) is 0 Å². The molecule has 0 aromatic heterocycles. The monoisotopic (exact) mass is 283 g/mol. The Kier molecular flexibility index (Phi) is 9.65. The van der Waals surface area contributed by atoms with Crippen LogP contribution in [-0.4, -0.2) is 53.7 Å². The number of hydrogen-bond donors (Lipinski definition) is 1. The van der Waals surface area contributed by atoms with Gasteiger partial charge in [-0.2, -0.15) is 0 Å². The molecule has 5 heteroatoms. The maximum atomic E-state index is 5.60. The molecule has 114 valence electrons. The van der Waals surface area contributed by atoms with Gasteiger partial charge in [0, 0.05) is 20.3 Å². The highest BCUT2D eigenvalue weighted by Gasteiger charge is 1.95. The number of hydrogen-bond acceptors (Lipinski definition) is 5. The van der Waals surface area contributed by atoms with Gasteiger partial charge in [-0.05, 0) is 37.2 Å². The fourth-order valence-electron chi connectivity index (χ4n) is 1.58. The van der Waals surface area contributed by atoms with Crippen molar-refractivity contribution in [3.63, 3.8) is 0 Å². The number of benzene rings is 1. The van der Waals surface area contributed by atoms with Crippen LogP contribution in [0.3, 0.4) is 0 Å². The van der Waals surface area contributed by atoms with E-state index in [1.54, 1.807) is 14.2 Å². The minimum absolute atomic E-state index is 0.650. The summed E-state index contributed by atoms with van der Waals surface area (Å²) in [6.07, 6.45) is 0.992. The highest BCUT2D eigenvalue weighted by Crippen LogP contribution is 2.16. The summed E-state index contributed by atoms with van der Waals surface area (Å²) in [4.78, 5) is 0. The number of rotatable bonds is 12. The molecule has 1 aromatic rings. The minimum atomic E-state index is 0.650. The number of methoxy groups -OCH3 is 2. The van der Waals surface area contributed by atoms with Gasteiger partial charge in [-0.3, -0.25) is 0 Å². The molecule has 1 N–H and O–H groups in total. The highest BCUT2D eigenvalue weighted by atomic mass is 16.5. The van der Waals surface area contributed by atoms with Crippen LogP contribution in [0.25, 0.3) is 0 Å². The van der Waals surface area contributed by atoms with E-state index >= 15 is 0 Å². The average molecular weight is 283 g/mol. The van der Waals surface area contributed by atoms with Gasteiger partial charge in [-0.1, -0.05) is 0 Å². The van der Waals surface area contributed by atoms with Crippen LogP contribution in [0.2, 0.25) is 0 Å². The summed E-state index contributed by atoms with van der Waals surface area (Å²) in [5.41, 5.74) is 0. The highest BCUT2D eigenvalue weighted by molar-refractivity contribution is 5.31. The summed E-state index contributed by atoms with van der Waals surface area (Å²) >= 11 is 0. The van der Waals surface area contributed by atoms with E-state index in [9.17, 15) is 0 Å². The van der Waals surface area contributed by atoms with E-state index in [2.05, 4.69) is 5.32 Å². The minimum Gasteiger partial charge on any atom is -0.497 e. The normalized spacial score (nSPS) is 10.5. The zero-order chi connectivity index (χ0) is 14.5. The smallest absolute Gasteiger partial charge is 0.119 e. The van der Waals surface area contributed by atoms with Crippen molar-refractivity contribution in [3.05, 3.63) is 24.3 Å². The molecular formula is C15H25NO4. The third kappa shape index (κ3) is 7.99. The Morgan fingerprint density at radius 2 is 1.60 bits per heavy atom. The molecule has 0 radical (unpaired) electrons. The van der Waals surface area contributed by atoms with Crippen LogP contribution in [0.5, 0.6) is 11.5 Å². The summed E-state index contributed by atoms with van der Waals surface area (Å²) in [5, 5.41) is 3.31. The summed E-state index contributed by atoms with van der Waals surface area (Å²) in [5.74, 6) is 1.69. The van der Waals surface area contributed by atoms with Crippen molar-refractivity contribution in [3.8, 4) is 11.5 Å². The van der Waals surface area contributed by atoms with Gasteiger partial charge in [-0.15, -0.1) is 0 Å². The van der Waals surface area contributed by atoms with Crippen LogP contribution < -0.4 is 14.8 Å². The Morgan fingerprint density at radius 1 is 0.850 bits per heavy atom. The second-order valence-electron chi connectivity index (χ2n) is 4.23. The fraction of sp³-hybridized carbons (Fsp3) is 0.600. The lowest BCUT2D eigenvalue weighted by molar-refractivity contribution is 0.0694. The molecule has 0 bridgehead atoms. The summed E-state index contributed by atoms with van der Waals surface area (Å²) in [6.45, 7) is 4.48. The Balaban J connectivity index is 1.91. The molecule has 1 rings (SSSR count). The molecule has 0 saturated carbocycles. The van der Waals surface area contributed by atoms with E-state index in [0.29, 0.717) is 19.8 Å². The molecule has 0 spiro atoms. The Hall–Kier alpha value is -1.30. The average Bonchev–Trinajstić information content (AvgIpc) is 2.50. The van der Waals surface area contributed by atoms with Crippen LogP contribution in [-0.2, 0) is 9.47 Å². The first kappa shape index (κ1) is 16.8. The van der Waals surface area contributed by atoms with Crippen LogP contribution >= 0.6 is 0 Å². The van der Waals surface area contributed by atoms with Gasteiger partial charge in [0.15, 0.2) is 0 Å². The van der Waals surface area contributed by atoms with E-state index in [1.807, 2.05) is 24.3 Å². The predicted octanol–water partition coefficient (Wildman–Crippen LogP) is 1.72. The van der Waals surface area contributed by atoms with Crippen molar-refractivity contribution in [2.24, 2.45) is 0 Å². The Morgan fingerprint density at radius 3 is 2.30 bits per heavy atom. The van der Waals surface area contributed by atoms with Gasteiger partial charge >= 0.3 is 0 Å². The largest absolute Gasteiger partial charge is 0.497 e. The second kappa shape index (κ2) is 11.5. The molecule has 5 nitrogen and oxygen atoms in total. The zero-order valence-electron chi connectivity index (χ0n) is 12.4. The van der Waals surface area contributed by atoms with E-state index in [4.69, 9.17) is 18.9 Å². The molecular weight excluding hydrogens is 258 g/mol. The third-order valence-corrected chi connectivity index (χ3v) is 2.68. The topological polar surface area (TPSA) is 49.0 Å². The first-order valence-electron chi connectivity index (χ1n) is 6.91. The second-order valence-corrected chi connectivity index (χ2v) is 4.23. The van der Waals surface area contributed by atoms with Gasteiger partial charge in [0.2, 0.25) is 0 Å². The Labute approximate surface area is 121 Å². The first-order chi connectivity index (χ1) is 9.86.